The Morgan fingerprint density at radius 2 is 1.44 bits per heavy atom. The van der Waals surface area contributed by atoms with Gasteiger partial charge in [-0.15, -0.1) is 0 Å². The molecule has 0 bridgehead atoms. The van der Waals surface area contributed by atoms with E-state index in [0.717, 1.165) is 25.7 Å². The van der Waals surface area contributed by atoms with E-state index in [1.165, 1.54) is 76.3 Å². The van der Waals surface area contributed by atoms with E-state index in [1.807, 2.05) is 0 Å². The largest absolute Gasteiger partial charge is 0.508 e. The van der Waals surface area contributed by atoms with Gasteiger partial charge in [-0.3, -0.25) is 14.4 Å². The van der Waals surface area contributed by atoms with Crippen LogP contribution in [0.4, 0.5) is 0 Å². The van der Waals surface area contributed by atoms with Crippen molar-refractivity contribution in [3.05, 3.63) is 29.8 Å². The molecule has 0 spiro atoms. The molecule has 230 valence electrons. The van der Waals surface area contributed by atoms with Gasteiger partial charge in [-0.25, -0.2) is 4.79 Å². The molecule has 1 aliphatic rings. The van der Waals surface area contributed by atoms with Crippen molar-refractivity contribution in [3.63, 3.8) is 0 Å². The zero-order chi connectivity index (χ0) is 29.9. The Morgan fingerprint density at radius 3 is 2.00 bits per heavy atom. The van der Waals surface area contributed by atoms with Crippen LogP contribution in [0.2, 0.25) is 0 Å². The molecular weight excluding hydrogens is 522 g/mol. The molecule has 1 aromatic carbocycles. The monoisotopic (exact) mass is 573 g/mol. The van der Waals surface area contributed by atoms with E-state index in [-0.39, 0.29) is 30.5 Å². The van der Waals surface area contributed by atoms with Gasteiger partial charge < -0.3 is 25.7 Å². The number of phenols is 1. The summed E-state index contributed by atoms with van der Waals surface area (Å²) in [5.41, 5.74) is 0.642. The molecule has 2 rings (SSSR count). The van der Waals surface area contributed by atoms with E-state index in [1.54, 1.807) is 17.0 Å². The van der Waals surface area contributed by atoms with Crippen molar-refractivity contribution < 1.29 is 29.4 Å². The van der Waals surface area contributed by atoms with Crippen molar-refractivity contribution in [1.29, 1.82) is 0 Å². The minimum Gasteiger partial charge on any atom is -0.508 e. The molecule has 0 aliphatic carbocycles. The topological polar surface area (TPSA) is 136 Å². The van der Waals surface area contributed by atoms with Crippen LogP contribution >= 0.6 is 0 Å². The van der Waals surface area contributed by atoms with E-state index >= 15 is 0 Å². The molecule has 1 unspecified atom stereocenters. The lowest BCUT2D eigenvalue weighted by atomic mass is 10.0. The molecule has 1 aromatic rings. The number of carboxylic acid groups (broad SMARTS) is 1. The average Bonchev–Trinajstić information content (AvgIpc) is 3.45. The highest BCUT2D eigenvalue weighted by atomic mass is 16.4. The molecule has 0 saturated carbocycles. The van der Waals surface area contributed by atoms with Gasteiger partial charge in [0, 0.05) is 19.4 Å². The number of carbonyl (C=O) groups is 4. The van der Waals surface area contributed by atoms with E-state index in [0.29, 0.717) is 24.9 Å². The third-order valence-electron chi connectivity index (χ3n) is 7.80. The Balaban J connectivity index is 1.61. The first kappa shape index (κ1) is 34.1. The summed E-state index contributed by atoms with van der Waals surface area (Å²) in [5, 5.41) is 23.9. The molecule has 2 atom stereocenters. The molecule has 9 nitrogen and oxygen atoms in total. The molecule has 9 heteroatoms. The summed E-state index contributed by atoms with van der Waals surface area (Å²) in [5.74, 6) is -2.15. The van der Waals surface area contributed by atoms with E-state index in [9.17, 15) is 29.4 Å². The molecule has 3 amide bonds. The predicted octanol–water partition coefficient (Wildman–Crippen LogP) is 5.09. The smallest absolute Gasteiger partial charge is 0.326 e. The second-order valence-electron chi connectivity index (χ2n) is 11.3. The van der Waals surface area contributed by atoms with E-state index in [4.69, 9.17) is 0 Å². The molecule has 0 aromatic heterocycles. The van der Waals surface area contributed by atoms with Gasteiger partial charge in [-0.05, 0) is 37.0 Å². The number of carbonyl (C=O) groups excluding carboxylic acids is 3. The number of carboxylic acids is 1. The fourth-order valence-corrected chi connectivity index (χ4v) is 5.37. The minimum atomic E-state index is -1.20. The highest BCUT2D eigenvalue weighted by Crippen LogP contribution is 2.20. The van der Waals surface area contributed by atoms with Crippen LogP contribution in [0.5, 0.6) is 5.75 Å². The zero-order valence-electron chi connectivity index (χ0n) is 24.9. The zero-order valence-corrected chi connectivity index (χ0v) is 24.9. The van der Waals surface area contributed by atoms with Crippen molar-refractivity contribution in [2.24, 2.45) is 0 Å². The number of aromatic hydroxyl groups is 1. The number of rotatable bonds is 21. The number of nitrogens with one attached hydrogen (secondary N) is 2. The van der Waals surface area contributed by atoms with Crippen LogP contribution in [0, 0.1) is 0 Å². The van der Waals surface area contributed by atoms with Gasteiger partial charge in [-0.1, -0.05) is 96.1 Å². The minimum absolute atomic E-state index is 0.0185. The van der Waals surface area contributed by atoms with Crippen LogP contribution in [0.3, 0.4) is 0 Å². The van der Waals surface area contributed by atoms with E-state index < -0.39 is 24.0 Å². The normalized spacial score (nSPS) is 15.4. The van der Waals surface area contributed by atoms with Crippen molar-refractivity contribution in [1.82, 2.24) is 15.5 Å². The third-order valence-corrected chi connectivity index (χ3v) is 7.80. The Bertz CT molecular complexity index is 936. The lowest BCUT2D eigenvalue weighted by Gasteiger charge is -2.24. The fourth-order valence-electron chi connectivity index (χ4n) is 5.37. The molecule has 0 radical (unpaired) electrons. The number of hydrogen-bond acceptors (Lipinski definition) is 5. The van der Waals surface area contributed by atoms with E-state index in [2.05, 4.69) is 17.6 Å². The van der Waals surface area contributed by atoms with Crippen LogP contribution in [0.15, 0.2) is 24.3 Å². The maximum Gasteiger partial charge on any atom is 0.326 e. The lowest BCUT2D eigenvalue weighted by molar-refractivity contribution is -0.142. The molecule has 1 saturated heterocycles. The highest BCUT2D eigenvalue weighted by Gasteiger charge is 2.33. The van der Waals surface area contributed by atoms with Crippen LogP contribution in [0.1, 0.15) is 115 Å². The second kappa shape index (κ2) is 19.9. The Labute approximate surface area is 245 Å². The van der Waals surface area contributed by atoms with Crippen molar-refractivity contribution in [2.75, 3.05) is 13.1 Å². The molecule has 1 fully saturated rings. The number of phenolic OH excluding ortho intramolecular Hbond substituents is 1. The summed E-state index contributed by atoms with van der Waals surface area (Å²) < 4.78 is 0. The Hall–Kier alpha value is -3.10. The molecule has 41 heavy (non-hydrogen) atoms. The van der Waals surface area contributed by atoms with Gasteiger partial charge in [0.15, 0.2) is 0 Å². The van der Waals surface area contributed by atoms with Gasteiger partial charge >= 0.3 is 5.97 Å². The maximum absolute atomic E-state index is 12.8. The number of likely N-dealkylation sites (tertiary alicyclic amines) is 1. The predicted molar refractivity (Wildman–Crippen MR) is 159 cm³/mol. The van der Waals surface area contributed by atoms with Crippen LogP contribution in [-0.4, -0.2) is 64.0 Å². The molecular formula is C32H51N3O6. The standard InChI is InChI=1S/C32H51N3O6/c1-2-3-4-5-6-7-8-9-10-11-12-13-14-17-30(38)35-22-15-16-28(35)31(39)33-24-29(37)34-27(32(40)41)23-25-18-20-26(36)21-19-25/h18-21,27-28,36H,2-17,22-24H2,1H3,(H,33,39)(H,34,37)(H,40,41)/t27?,28-/m0/s1. The molecule has 1 aliphatic heterocycles. The Kier molecular flexibility index (Phi) is 16.5. The number of unbranched alkanes of at least 4 members (excludes halogenated alkanes) is 12. The van der Waals surface area contributed by atoms with Crippen LogP contribution < -0.4 is 10.6 Å². The maximum atomic E-state index is 12.8. The summed E-state index contributed by atoms with van der Waals surface area (Å²) >= 11 is 0. The molecule has 4 N–H and O–H groups in total. The third kappa shape index (κ3) is 13.9. The van der Waals surface area contributed by atoms with Gasteiger partial charge in [0.2, 0.25) is 17.7 Å². The summed E-state index contributed by atoms with van der Waals surface area (Å²) in [4.78, 5) is 51.2. The van der Waals surface area contributed by atoms with Gasteiger partial charge in [-0.2, -0.15) is 0 Å². The summed E-state index contributed by atoms with van der Waals surface area (Å²) in [6, 6.07) is 4.30. The first-order valence-corrected chi connectivity index (χ1v) is 15.7. The van der Waals surface area contributed by atoms with Crippen molar-refractivity contribution in [2.45, 2.75) is 128 Å². The molecule has 1 heterocycles. The highest BCUT2D eigenvalue weighted by molar-refractivity contribution is 5.92. The first-order valence-electron chi connectivity index (χ1n) is 15.7. The van der Waals surface area contributed by atoms with Gasteiger partial charge in [0.25, 0.3) is 0 Å². The van der Waals surface area contributed by atoms with Crippen molar-refractivity contribution in [3.8, 4) is 5.75 Å². The number of hydrogen-bond donors (Lipinski definition) is 4. The van der Waals surface area contributed by atoms with Crippen LogP contribution in [-0.2, 0) is 25.6 Å². The number of nitrogens with zero attached hydrogens (tertiary/aromatic N) is 1. The van der Waals surface area contributed by atoms with Crippen LogP contribution in [0.25, 0.3) is 0 Å². The SMILES string of the molecule is CCCCCCCCCCCCCCCC(=O)N1CCC[C@H]1C(=O)NCC(=O)NC(Cc1ccc(O)cc1)C(=O)O. The quantitative estimate of drug-likeness (QED) is 0.151. The van der Waals surface area contributed by atoms with Gasteiger partial charge in [0.05, 0.1) is 6.54 Å². The number of aliphatic carboxylic acids is 1. The summed E-state index contributed by atoms with van der Waals surface area (Å²) in [7, 11) is 0. The summed E-state index contributed by atoms with van der Waals surface area (Å²) in [6.07, 6.45) is 17.9. The Morgan fingerprint density at radius 1 is 0.878 bits per heavy atom. The lowest BCUT2D eigenvalue weighted by Crippen LogP contribution is -2.50. The number of benzene rings is 1. The average molecular weight is 574 g/mol. The summed E-state index contributed by atoms with van der Waals surface area (Å²) in [6.45, 7) is 2.42. The van der Waals surface area contributed by atoms with Crippen molar-refractivity contribution >= 4 is 23.7 Å². The fraction of sp³-hybridized carbons (Fsp3) is 0.688. The first-order chi connectivity index (χ1) is 19.8. The number of amides is 3. The second-order valence-corrected chi connectivity index (χ2v) is 11.3. The van der Waals surface area contributed by atoms with Gasteiger partial charge in [0.1, 0.15) is 17.8 Å².